The van der Waals surface area contributed by atoms with Crippen molar-refractivity contribution in [1.82, 2.24) is 19.9 Å². The van der Waals surface area contributed by atoms with Gasteiger partial charge >= 0.3 is 0 Å². The summed E-state index contributed by atoms with van der Waals surface area (Å²) in [5.74, 6) is 1.57. The maximum atomic E-state index is 4.78. The summed E-state index contributed by atoms with van der Waals surface area (Å²) in [5, 5.41) is 0. The summed E-state index contributed by atoms with van der Waals surface area (Å²) < 4.78 is 0. The average Bonchev–Trinajstić information content (AvgIpc) is 2.88. The molecular formula is C31H28N4. The fraction of sp³-hybridized carbons (Fsp3) is 0.161. The fourth-order valence-corrected chi connectivity index (χ4v) is 4.48. The molecule has 2 heterocycles. The van der Waals surface area contributed by atoms with Gasteiger partial charge < -0.3 is 0 Å². The summed E-state index contributed by atoms with van der Waals surface area (Å²) >= 11 is 0. The van der Waals surface area contributed by atoms with Gasteiger partial charge in [-0.3, -0.25) is 0 Å². The number of hydrogen-bond acceptors (Lipinski definition) is 4. The molecule has 0 unspecified atom stereocenters. The molecule has 172 valence electrons. The third kappa shape index (κ3) is 4.47. The van der Waals surface area contributed by atoms with Crippen molar-refractivity contribution in [2.45, 2.75) is 34.6 Å². The molecule has 0 N–H and O–H groups in total. The van der Waals surface area contributed by atoms with Gasteiger partial charge in [-0.05, 0) is 51.3 Å². The zero-order chi connectivity index (χ0) is 24.5. The van der Waals surface area contributed by atoms with E-state index in [4.69, 9.17) is 9.97 Å². The van der Waals surface area contributed by atoms with Gasteiger partial charge in [-0.2, -0.15) is 0 Å². The fourth-order valence-electron chi connectivity index (χ4n) is 4.48. The van der Waals surface area contributed by atoms with E-state index < -0.39 is 0 Å². The largest absolute Gasteiger partial charge is 0.238 e. The van der Waals surface area contributed by atoms with E-state index in [9.17, 15) is 0 Å². The van der Waals surface area contributed by atoms with Crippen LogP contribution in [0.25, 0.3) is 44.9 Å². The Bertz CT molecular complexity index is 1500. The van der Waals surface area contributed by atoms with E-state index in [0.717, 1.165) is 62.2 Å². The lowest BCUT2D eigenvalue weighted by molar-refractivity contribution is 0.992. The lowest BCUT2D eigenvalue weighted by Crippen LogP contribution is -1.99. The molecule has 5 rings (SSSR count). The molecule has 0 amide bonds. The average molecular weight is 457 g/mol. The number of nitrogens with zero attached hydrogens (tertiary/aromatic N) is 4. The van der Waals surface area contributed by atoms with E-state index >= 15 is 0 Å². The van der Waals surface area contributed by atoms with Crippen LogP contribution >= 0.6 is 0 Å². The van der Waals surface area contributed by atoms with Crippen LogP contribution in [0.1, 0.15) is 28.5 Å². The molecule has 0 fully saturated rings. The molecule has 0 radical (unpaired) electrons. The van der Waals surface area contributed by atoms with Crippen LogP contribution in [0, 0.1) is 34.6 Å². The van der Waals surface area contributed by atoms with E-state index in [-0.39, 0.29) is 0 Å². The molecule has 0 saturated heterocycles. The van der Waals surface area contributed by atoms with Gasteiger partial charge in [0.15, 0.2) is 0 Å². The highest BCUT2D eigenvalue weighted by atomic mass is 14.9. The number of rotatable bonds is 4. The lowest BCUT2D eigenvalue weighted by atomic mass is 9.97. The van der Waals surface area contributed by atoms with Crippen molar-refractivity contribution in [3.63, 3.8) is 0 Å². The molecule has 3 aromatic carbocycles. The van der Waals surface area contributed by atoms with Gasteiger partial charge in [0.2, 0.25) is 0 Å². The monoisotopic (exact) mass is 456 g/mol. The Labute approximate surface area is 206 Å². The van der Waals surface area contributed by atoms with E-state index in [1.54, 1.807) is 0 Å². The Morgan fingerprint density at radius 3 is 1.23 bits per heavy atom. The Kier molecular flexibility index (Phi) is 5.96. The van der Waals surface area contributed by atoms with Crippen molar-refractivity contribution in [2.75, 3.05) is 0 Å². The maximum Gasteiger partial charge on any atom is 0.126 e. The van der Waals surface area contributed by atoms with Crippen LogP contribution in [0.4, 0.5) is 0 Å². The second kappa shape index (κ2) is 9.22. The highest BCUT2D eigenvalue weighted by molar-refractivity contribution is 5.76. The molecule has 35 heavy (non-hydrogen) atoms. The van der Waals surface area contributed by atoms with Crippen molar-refractivity contribution < 1.29 is 0 Å². The topological polar surface area (TPSA) is 51.6 Å². The predicted molar refractivity (Wildman–Crippen MR) is 143 cm³/mol. The highest BCUT2D eigenvalue weighted by Crippen LogP contribution is 2.31. The van der Waals surface area contributed by atoms with Crippen molar-refractivity contribution in [3.05, 3.63) is 107 Å². The van der Waals surface area contributed by atoms with Gasteiger partial charge in [0.05, 0.1) is 17.1 Å². The number of aromatic nitrogens is 4. The molecule has 0 aliphatic rings. The van der Waals surface area contributed by atoms with Crippen molar-refractivity contribution in [3.8, 4) is 44.9 Å². The summed E-state index contributed by atoms with van der Waals surface area (Å²) in [6.45, 7) is 10.1. The SMILES string of the molecule is Cc1nc(C)c(C)c(-c2ccc(-c3ccc(-c4nc(C)nc(-c5ccccc5)c4C)cc3)cc2)n1. The van der Waals surface area contributed by atoms with Crippen LogP contribution in [0.3, 0.4) is 0 Å². The van der Waals surface area contributed by atoms with Crippen molar-refractivity contribution in [2.24, 2.45) is 0 Å². The first-order valence-electron chi connectivity index (χ1n) is 11.8. The Morgan fingerprint density at radius 2 is 0.743 bits per heavy atom. The summed E-state index contributed by atoms with van der Waals surface area (Å²) in [5.41, 5.74) is 11.8. The Balaban J connectivity index is 1.46. The molecule has 0 atom stereocenters. The molecule has 0 saturated carbocycles. The summed E-state index contributed by atoms with van der Waals surface area (Å²) in [6.07, 6.45) is 0. The minimum Gasteiger partial charge on any atom is -0.238 e. The second-order valence-electron chi connectivity index (χ2n) is 8.94. The Hall–Kier alpha value is -4.18. The maximum absolute atomic E-state index is 4.78. The molecule has 0 aliphatic carbocycles. The van der Waals surface area contributed by atoms with Crippen LogP contribution in [0.15, 0.2) is 78.9 Å². The highest BCUT2D eigenvalue weighted by Gasteiger charge is 2.13. The van der Waals surface area contributed by atoms with Crippen LogP contribution in [-0.2, 0) is 0 Å². The van der Waals surface area contributed by atoms with Gasteiger partial charge in [0, 0.05) is 27.9 Å². The number of hydrogen-bond donors (Lipinski definition) is 0. The number of aryl methyl sites for hydroxylation is 3. The molecule has 0 spiro atoms. The van der Waals surface area contributed by atoms with Crippen LogP contribution in [-0.4, -0.2) is 19.9 Å². The van der Waals surface area contributed by atoms with E-state index in [1.165, 1.54) is 11.1 Å². The molecule has 5 aromatic rings. The smallest absolute Gasteiger partial charge is 0.126 e. The first kappa shape index (κ1) is 22.6. The zero-order valence-electron chi connectivity index (χ0n) is 20.8. The zero-order valence-corrected chi connectivity index (χ0v) is 20.8. The van der Waals surface area contributed by atoms with Crippen molar-refractivity contribution >= 4 is 0 Å². The van der Waals surface area contributed by atoms with Gasteiger partial charge in [-0.15, -0.1) is 0 Å². The second-order valence-corrected chi connectivity index (χ2v) is 8.94. The van der Waals surface area contributed by atoms with Gasteiger partial charge in [-0.25, -0.2) is 19.9 Å². The summed E-state index contributed by atoms with van der Waals surface area (Å²) in [4.78, 5) is 18.6. The standard InChI is InChI=1S/C31H28N4/c1-19-21(3)32-22(4)33-29(19)27-15-11-24(12-16-27)25-13-17-28(18-14-25)31-20(2)30(34-23(5)35-31)26-9-7-6-8-10-26/h6-18H,1-5H3. The van der Waals surface area contributed by atoms with E-state index in [2.05, 4.69) is 84.5 Å². The molecule has 4 heteroatoms. The van der Waals surface area contributed by atoms with Gasteiger partial charge in [-0.1, -0.05) is 78.9 Å². The predicted octanol–water partition coefficient (Wildman–Crippen LogP) is 7.48. The van der Waals surface area contributed by atoms with Crippen LogP contribution in [0.5, 0.6) is 0 Å². The molecule has 0 aliphatic heterocycles. The van der Waals surface area contributed by atoms with Crippen LogP contribution < -0.4 is 0 Å². The quantitative estimate of drug-likeness (QED) is 0.281. The summed E-state index contributed by atoms with van der Waals surface area (Å²) in [6, 6.07) is 27.5. The first-order valence-corrected chi connectivity index (χ1v) is 11.8. The third-order valence-corrected chi connectivity index (χ3v) is 6.46. The normalized spacial score (nSPS) is 11.0. The molecule has 2 aromatic heterocycles. The number of benzene rings is 3. The lowest BCUT2D eigenvalue weighted by Gasteiger charge is -2.13. The third-order valence-electron chi connectivity index (χ3n) is 6.46. The van der Waals surface area contributed by atoms with Crippen molar-refractivity contribution in [1.29, 1.82) is 0 Å². The first-order chi connectivity index (χ1) is 16.9. The molecular weight excluding hydrogens is 428 g/mol. The minimum atomic E-state index is 0.773. The van der Waals surface area contributed by atoms with E-state index in [0.29, 0.717) is 0 Å². The van der Waals surface area contributed by atoms with Crippen LogP contribution in [0.2, 0.25) is 0 Å². The molecule has 0 bridgehead atoms. The minimum absolute atomic E-state index is 0.773. The Morgan fingerprint density at radius 1 is 0.371 bits per heavy atom. The molecule has 4 nitrogen and oxygen atoms in total. The van der Waals surface area contributed by atoms with Gasteiger partial charge in [0.1, 0.15) is 11.6 Å². The van der Waals surface area contributed by atoms with E-state index in [1.807, 2.05) is 39.0 Å². The summed E-state index contributed by atoms with van der Waals surface area (Å²) in [7, 11) is 0. The van der Waals surface area contributed by atoms with Gasteiger partial charge in [0.25, 0.3) is 0 Å².